The third-order valence-electron chi connectivity index (χ3n) is 4.93. The van der Waals surface area contributed by atoms with Crippen LogP contribution < -0.4 is 5.73 Å². The summed E-state index contributed by atoms with van der Waals surface area (Å²) in [6.07, 6.45) is 2.09. The number of nitrogens with two attached hydrogens (primary N) is 1. The van der Waals surface area contributed by atoms with Crippen LogP contribution in [-0.4, -0.2) is 6.54 Å². The number of halogens is 1. The van der Waals surface area contributed by atoms with E-state index in [-0.39, 0.29) is 12.4 Å². The van der Waals surface area contributed by atoms with Crippen molar-refractivity contribution < 1.29 is 0 Å². The zero-order valence-electron chi connectivity index (χ0n) is 16.2. The predicted molar refractivity (Wildman–Crippen MR) is 127 cm³/mol. The van der Waals surface area contributed by atoms with E-state index in [1.165, 1.54) is 39.0 Å². The van der Waals surface area contributed by atoms with Gasteiger partial charge in [0.05, 0.1) is 0 Å². The van der Waals surface area contributed by atoms with Crippen LogP contribution >= 0.6 is 12.4 Å². The molecule has 0 aliphatic carbocycles. The van der Waals surface area contributed by atoms with E-state index in [0.717, 1.165) is 0 Å². The molecule has 4 aromatic carbocycles. The van der Waals surface area contributed by atoms with Gasteiger partial charge in [0.1, 0.15) is 0 Å². The first-order valence-electron chi connectivity index (χ1n) is 9.57. The lowest BCUT2D eigenvalue weighted by molar-refractivity contribution is 1.25. The molecule has 0 aliphatic rings. The lowest BCUT2D eigenvalue weighted by atomic mass is 9.94. The molecule has 1 nitrogen and oxygen atoms in total. The highest BCUT2D eigenvalue weighted by molar-refractivity contribution is 5.85. The number of rotatable bonds is 5. The number of hydrogen-bond donors (Lipinski definition) is 1. The SMILES string of the molecule is Cl.NCC=C(c1ccc(-c2ccccc2)cc1)c1ccc(-c2ccccc2)cc1. The monoisotopic (exact) mass is 397 g/mol. The number of hydrogen-bond acceptors (Lipinski definition) is 1. The summed E-state index contributed by atoms with van der Waals surface area (Å²) >= 11 is 0. The molecule has 0 atom stereocenters. The standard InChI is InChI=1S/C27H23N.ClH/c28-20-19-27(25-15-11-23(12-16-25)21-7-3-1-4-8-21)26-17-13-24(14-18-26)22-9-5-2-6-10-22;/h1-19H,20,28H2;1H. The molecular weight excluding hydrogens is 374 g/mol. The van der Waals surface area contributed by atoms with Gasteiger partial charge in [0.15, 0.2) is 0 Å². The predicted octanol–water partition coefficient (Wildman–Crippen LogP) is 6.83. The van der Waals surface area contributed by atoms with E-state index in [1.807, 2.05) is 12.1 Å². The summed E-state index contributed by atoms with van der Waals surface area (Å²) in [4.78, 5) is 0. The molecule has 2 heteroatoms. The summed E-state index contributed by atoms with van der Waals surface area (Å²) in [6, 6.07) is 38.3. The maximum atomic E-state index is 5.87. The minimum Gasteiger partial charge on any atom is -0.327 e. The van der Waals surface area contributed by atoms with E-state index in [4.69, 9.17) is 5.73 Å². The first kappa shape index (κ1) is 20.6. The maximum absolute atomic E-state index is 5.87. The van der Waals surface area contributed by atoms with Gasteiger partial charge >= 0.3 is 0 Å². The minimum atomic E-state index is 0. The van der Waals surface area contributed by atoms with E-state index in [2.05, 4.69) is 103 Å². The molecule has 0 fully saturated rings. The van der Waals surface area contributed by atoms with Gasteiger partial charge < -0.3 is 5.73 Å². The lowest BCUT2D eigenvalue weighted by Crippen LogP contribution is -1.97. The molecule has 0 spiro atoms. The van der Waals surface area contributed by atoms with Crippen LogP contribution in [0.5, 0.6) is 0 Å². The summed E-state index contributed by atoms with van der Waals surface area (Å²) in [5.41, 5.74) is 14.3. The van der Waals surface area contributed by atoms with Gasteiger partial charge in [-0.15, -0.1) is 12.4 Å². The Bertz CT molecular complexity index is 966. The molecule has 2 N–H and O–H groups in total. The van der Waals surface area contributed by atoms with Crippen LogP contribution in [0.25, 0.3) is 27.8 Å². The molecular formula is C27H24ClN. The first-order valence-corrected chi connectivity index (χ1v) is 9.57. The Morgan fingerprint density at radius 2 is 0.862 bits per heavy atom. The Morgan fingerprint density at radius 3 is 1.21 bits per heavy atom. The largest absolute Gasteiger partial charge is 0.327 e. The molecule has 0 saturated heterocycles. The highest BCUT2D eigenvalue weighted by Gasteiger charge is 2.06. The van der Waals surface area contributed by atoms with Gasteiger partial charge in [-0.3, -0.25) is 0 Å². The molecule has 0 radical (unpaired) electrons. The third kappa shape index (κ3) is 4.83. The second-order valence-corrected chi connectivity index (χ2v) is 6.74. The molecule has 0 aliphatic heterocycles. The van der Waals surface area contributed by atoms with Gasteiger partial charge in [0.25, 0.3) is 0 Å². The van der Waals surface area contributed by atoms with E-state index in [0.29, 0.717) is 6.54 Å². The fourth-order valence-corrected chi connectivity index (χ4v) is 3.47. The van der Waals surface area contributed by atoms with E-state index in [1.54, 1.807) is 0 Å². The highest BCUT2D eigenvalue weighted by atomic mass is 35.5. The molecule has 0 bridgehead atoms. The van der Waals surface area contributed by atoms with E-state index >= 15 is 0 Å². The van der Waals surface area contributed by atoms with Crippen LogP contribution in [0, 0.1) is 0 Å². The Balaban J connectivity index is 0.00000240. The van der Waals surface area contributed by atoms with Gasteiger partial charge in [0, 0.05) is 6.54 Å². The summed E-state index contributed by atoms with van der Waals surface area (Å²) in [5.74, 6) is 0. The molecule has 144 valence electrons. The lowest BCUT2D eigenvalue weighted by Gasteiger charge is -2.11. The van der Waals surface area contributed by atoms with Crippen molar-refractivity contribution in [1.29, 1.82) is 0 Å². The molecule has 4 rings (SSSR count). The first-order chi connectivity index (χ1) is 13.8. The van der Waals surface area contributed by atoms with Crippen molar-refractivity contribution in [2.24, 2.45) is 5.73 Å². The minimum absolute atomic E-state index is 0. The fraction of sp³-hybridized carbons (Fsp3) is 0.0370. The zero-order valence-corrected chi connectivity index (χ0v) is 17.0. The normalized spacial score (nSPS) is 10.1. The van der Waals surface area contributed by atoms with Crippen LogP contribution in [0.3, 0.4) is 0 Å². The Morgan fingerprint density at radius 1 is 0.517 bits per heavy atom. The molecule has 0 amide bonds. The molecule has 4 aromatic rings. The van der Waals surface area contributed by atoms with Gasteiger partial charge in [-0.25, -0.2) is 0 Å². The summed E-state index contributed by atoms with van der Waals surface area (Å²) in [6.45, 7) is 0.510. The molecule has 0 aromatic heterocycles. The van der Waals surface area contributed by atoms with Crippen molar-refractivity contribution in [3.8, 4) is 22.3 Å². The Hall–Kier alpha value is -3.13. The topological polar surface area (TPSA) is 26.0 Å². The smallest absolute Gasteiger partial charge is 0.0116 e. The van der Waals surface area contributed by atoms with Crippen LogP contribution in [0.15, 0.2) is 115 Å². The average Bonchev–Trinajstić information content (AvgIpc) is 2.79. The summed E-state index contributed by atoms with van der Waals surface area (Å²) < 4.78 is 0. The number of benzene rings is 4. The molecule has 0 unspecified atom stereocenters. The highest BCUT2D eigenvalue weighted by Crippen LogP contribution is 2.28. The van der Waals surface area contributed by atoms with Crippen molar-refractivity contribution in [2.45, 2.75) is 0 Å². The van der Waals surface area contributed by atoms with Crippen molar-refractivity contribution in [2.75, 3.05) is 6.54 Å². The van der Waals surface area contributed by atoms with Crippen molar-refractivity contribution in [1.82, 2.24) is 0 Å². The average molecular weight is 398 g/mol. The second kappa shape index (κ2) is 9.88. The van der Waals surface area contributed by atoms with Crippen LogP contribution in [-0.2, 0) is 0 Å². The van der Waals surface area contributed by atoms with Crippen LogP contribution in [0.2, 0.25) is 0 Å². The van der Waals surface area contributed by atoms with Gasteiger partial charge in [0.2, 0.25) is 0 Å². The van der Waals surface area contributed by atoms with E-state index in [9.17, 15) is 0 Å². The van der Waals surface area contributed by atoms with Gasteiger partial charge in [-0.05, 0) is 39.0 Å². The molecule has 0 saturated carbocycles. The van der Waals surface area contributed by atoms with Gasteiger partial charge in [-0.1, -0.05) is 115 Å². The van der Waals surface area contributed by atoms with Crippen LogP contribution in [0.4, 0.5) is 0 Å². The van der Waals surface area contributed by atoms with Crippen molar-refractivity contribution >= 4 is 18.0 Å². The summed E-state index contributed by atoms with van der Waals surface area (Å²) in [7, 11) is 0. The Kier molecular flexibility index (Phi) is 7.02. The zero-order chi connectivity index (χ0) is 19.2. The molecule has 29 heavy (non-hydrogen) atoms. The van der Waals surface area contributed by atoms with Crippen LogP contribution in [0.1, 0.15) is 11.1 Å². The van der Waals surface area contributed by atoms with Gasteiger partial charge in [-0.2, -0.15) is 0 Å². The molecule has 0 heterocycles. The van der Waals surface area contributed by atoms with Crippen molar-refractivity contribution in [3.63, 3.8) is 0 Å². The third-order valence-corrected chi connectivity index (χ3v) is 4.93. The fourth-order valence-electron chi connectivity index (χ4n) is 3.47. The van der Waals surface area contributed by atoms with Crippen molar-refractivity contribution in [3.05, 3.63) is 126 Å². The maximum Gasteiger partial charge on any atom is 0.0116 e. The van der Waals surface area contributed by atoms with E-state index < -0.39 is 0 Å². The summed E-state index contributed by atoms with van der Waals surface area (Å²) in [5, 5.41) is 0. The second-order valence-electron chi connectivity index (χ2n) is 6.74. The quantitative estimate of drug-likeness (QED) is 0.392. The Labute approximate surface area is 179 Å².